The summed E-state index contributed by atoms with van der Waals surface area (Å²) in [5.41, 5.74) is 2.94. The molecular formula is C26H27N5O2S. The number of nitrogens with one attached hydrogen (secondary N) is 1. The summed E-state index contributed by atoms with van der Waals surface area (Å²) in [4.78, 5) is 17.5. The predicted molar refractivity (Wildman–Crippen MR) is 133 cm³/mol. The summed E-state index contributed by atoms with van der Waals surface area (Å²) >= 11 is 1.59. The van der Waals surface area contributed by atoms with Crippen molar-refractivity contribution in [1.82, 2.24) is 25.1 Å². The van der Waals surface area contributed by atoms with E-state index < -0.39 is 0 Å². The maximum absolute atomic E-state index is 13.1. The van der Waals surface area contributed by atoms with Gasteiger partial charge in [0.15, 0.2) is 5.16 Å². The Morgan fingerprint density at radius 3 is 2.53 bits per heavy atom. The first kappa shape index (κ1) is 23.5. The van der Waals surface area contributed by atoms with E-state index in [-0.39, 0.29) is 17.6 Å². The van der Waals surface area contributed by atoms with Crippen LogP contribution in [0.2, 0.25) is 0 Å². The SMILES string of the molecule is Cn1c(CCNC(=O)C(Cc2ccc(O)cc2)c2ccccc2)nnc1SCc1ccccn1. The van der Waals surface area contributed by atoms with Gasteiger partial charge in [-0.1, -0.05) is 60.3 Å². The van der Waals surface area contributed by atoms with E-state index in [0.717, 1.165) is 33.6 Å². The molecule has 4 aromatic rings. The lowest BCUT2D eigenvalue weighted by molar-refractivity contribution is -0.122. The van der Waals surface area contributed by atoms with E-state index in [1.165, 1.54) is 0 Å². The average molecular weight is 474 g/mol. The number of benzene rings is 2. The highest BCUT2D eigenvalue weighted by molar-refractivity contribution is 7.98. The van der Waals surface area contributed by atoms with E-state index in [1.54, 1.807) is 30.1 Å². The monoisotopic (exact) mass is 473 g/mol. The topological polar surface area (TPSA) is 92.9 Å². The highest BCUT2D eigenvalue weighted by atomic mass is 32.2. The predicted octanol–water partition coefficient (Wildman–Crippen LogP) is 3.89. The van der Waals surface area contributed by atoms with Crippen molar-refractivity contribution in [3.8, 4) is 5.75 Å². The molecule has 0 spiro atoms. The molecule has 2 aromatic carbocycles. The van der Waals surface area contributed by atoms with Gasteiger partial charge in [0, 0.05) is 32.0 Å². The van der Waals surface area contributed by atoms with Crippen LogP contribution in [0.4, 0.5) is 0 Å². The molecule has 0 radical (unpaired) electrons. The van der Waals surface area contributed by atoms with Crippen LogP contribution in [0, 0.1) is 0 Å². The van der Waals surface area contributed by atoms with Crippen LogP contribution < -0.4 is 5.32 Å². The number of phenolic OH excluding ortho intramolecular Hbond substituents is 1. The third-order valence-corrected chi connectivity index (χ3v) is 6.60. The fourth-order valence-electron chi connectivity index (χ4n) is 3.65. The molecule has 0 aliphatic heterocycles. The van der Waals surface area contributed by atoms with Gasteiger partial charge < -0.3 is 15.0 Å². The maximum atomic E-state index is 13.1. The second-order valence-electron chi connectivity index (χ2n) is 7.94. The lowest BCUT2D eigenvalue weighted by Crippen LogP contribution is -2.32. The molecule has 34 heavy (non-hydrogen) atoms. The van der Waals surface area contributed by atoms with Gasteiger partial charge in [-0.25, -0.2) is 0 Å². The number of pyridine rings is 1. The molecule has 4 rings (SSSR count). The van der Waals surface area contributed by atoms with Crippen molar-refractivity contribution in [3.05, 3.63) is 102 Å². The average Bonchev–Trinajstić information content (AvgIpc) is 3.22. The molecule has 2 heterocycles. The summed E-state index contributed by atoms with van der Waals surface area (Å²) in [6.45, 7) is 0.467. The first-order valence-corrected chi connectivity index (χ1v) is 12.1. The Balaban J connectivity index is 1.35. The molecule has 0 aliphatic carbocycles. The van der Waals surface area contributed by atoms with Crippen molar-refractivity contribution in [1.29, 1.82) is 0 Å². The van der Waals surface area contributed by atoms with E-state index in [9.17, 15) is 9.90 Å². The van der Waals surface area contributed by atoms with Crippen molar-refractivity contribution in [2.45, 2.75) is 29.7 Å². The summed E-state index contributed by atoms with van der Waals surface area (Å²) in [5.74, 6) is 1.39. The number of carbonyl (C=O) groups is 1. The smallest absolute Gasteiger partial charge is 0.227 e. The zero-order chi connectivity index (χ0) is 23.8. The number of thioether (sulfide) groups is 1. The van der Waals surface area contributed by atoms with Gasteiger partial charge in [-0.05, 0) is 41.8 Å². The lowest BCUT2D eigenvalue weighted by atomic mass is 9.91. The molecule has 1 unspecified atom stereocenters. The first-order chi connectivity index (χ1) is 16.6. The summed E-state index contributed by atoms with van der Waals surface area (Å²) in [6, 6.07) is 22.6. The van der Waals surface area contributed by atoms with Crippen molar-refractivity contribution >= 4 is 17.7 Å². The van der Waals surface area contributed by atoms with Gasteiger partial charge in [0.05, 0.1) is 11.6 Å². The summed E-state index contributed by atoms with van der Waals surface area (Å²) < 4.78 is 1.96. The zero-order valence-corrected chi connectivity index (χ0v) is 19.8. The minimum atomic E-state index is -0.324. The molecule has 2 N–H and O–H groups in total. The van der Waals surface area contributed by atoms with Crippen LogP contribution in [0.3, 0.4) is 0 Å². The van der Waals surface area contributed by atoms with Crippen LogP contribution in [0.1, 0.15) is 28.6 Å². The Morgan fingerprint density at radius 1 is 1.03 bits per heavy atom. The number of nitrogens with zero attached hydrogens (tertiary/aromatic N) is 4. The number of hydrogen-bond acceptors (Lipinski definition) is 6. The van der Waals surface area contributed by atoms with E-state index in [0.29, 0.717) is 19.4 Å². The number of hydrogen-bond donors (Lipinski definition) is 2. The maximum Gasteiger partial charge on any atom is 0.227 e. The van der Waals surface area contributed by atoms with Crippen molar-refractivity contribution < 1.29 is 9.90 Å². The molecule has 0 bridgehead atoms. The van der Waals surface area contributed by atoms with Gasteiger partial charge in [0.2, 0.25) is 5.91 Å². The third-order valence-electron chi connectivity index (χ3n) is 5.54. The quantitative estimate of drug-likeness (QED) is 0.340. The minimum absolute atomic E-state index is 0.0359. The molecule has 1 atom stereocenters. The van der Waals surface area contributed by atoms with Gasteiger partial charge in [-0.15, -0.1) is 10.2 Å². The molecule has 174 valence electrons. The molecule has 0 saturated heterocycles. The second kappa shape index (κ2) is 11.5. The highest BCUT2D eigenvalue weighted by Crippen LogP contribution is 2.23. The standard InChI is InChI=1S/C26H27N5O2S/c1-31-24(29-30-26(31)34-18-21-9-5-6-15-27-21)14-16-28-25(33)23(20-7-3-2-4-8-20)17-19-10-12-22(32)13-11-19/h2-13,15,23,32H,14,16-18H2,1H3,(H,28,33). The van der Waals surface area contributed by atoms with Crippen molar-refractivity contribution in [2.75, 3.05) is 6.54 Å². The number of phenols is 1. The highest BCUT2D eigenvalue weighted by Gasteiger charge is 2.21. The number of carbonyl (C=O) groups excluding carboxylic acids is 1. The molecule has 0 fully saturated rings. The molecular weight excluding hydrogens is 446 g/mol. The Bertz CT molecular complexity index is 1200. The minimum Gasteiger partial charge on any atom is -0.508 e. The Morgan fingerprint density at radius 2 is 1.79 bits per heavy atom. The van der Waals surface area contributed by atoms with Crippen LogP contribution in [-0.4, -0.2) is 37.3 Å². The van der Waals surface area contributed by atoms with E-state index in [2.05, 4.69) is 20.5 Å². The fraction of sp³-hybridized carbons (Fsp3) is 0.231. The van der Waals surface area contributed by atoms with Gasteiger partial charge in [0.1, 0.15) is 11.6 Å². The van der Waals surface area contributed by atoms with E-state index in [1.807, 2.05) is 72.3 Å². The molecule has 7 nitrogen and oxygen atoms in total. The van der Waals surface area contributed by atoms with Crippen molar-refractivity contribution in [3.63, 3.8) is 0 Å². The third kappa shape index (κ3) is 6.23. The van der Waals surface area contributed by atoms with Crippen LogP contribution in [0.5, 0.6) is 5.75 Å². The van der Waals surface area contributed by atoms with Gasteiger partial charge in [0.25, 0.3) is 0 Å². The van der Waals surface area contributed by atoms with E-state index in [4.69, 9.17) is 0 Å². The number of aromatic hydroxyl groups is 1. The van der Waals surface area contributed by atoms with E-state index >= 15 is 0 Å². The summed E-state index contributed by atoms with van der Waals surface area (Å²) in [6.07, 6.45) is 2.92. The molecule has 0 aliphatic rings. The van der Waals surface area contributed by atoms with Crippen LogP contribution in [0.25, 0.3) is 0 Å². The molecule has 0 saturated carbocycles. The summed E-state index contributed by atoms with van der Waals surface area (Å²) in [7, 11) is 1.94. The number of amides is 1. The molecule has 2 aromatic heterocycles. The van der Waals surface area contributed by atoms with Gasteiger partial charge in [-0.2, -0.15) is 0 Å². The molecule has 8 heteroatoms. The largest absolute Gasteiger partial charge is 0.508 e. The first-order valence-electron chi connectivity index (χ1n) is 11.1. The lowest BCUT2D eigenvalue weighted by Gasteiger charge is -2.17. The zero-order valence-electron chi connectivity index (χ0n) is 19.0. The Kier molecular flexibility index (Phi) is 7.93. The summed E-state index contributed by atoms with van der Waals surface area (Å²) in [5, 5.41) is 22.0. The Hall–Kier alpha value is -3.65. The molecule has 1 amide bonds. The number of aromatic nitrogens is 4. The van der Waals surface area contributed by atoms with Crippen LogP contribution in [-0.2, 0) is 30.4 Å². The van der Waals surface area contributed by atoms with Gasteiger partial charge in [-0.3, -0.25) is 9.78 Å². The van der Waals surface area contributed by atoms with Crippen LogP contribution in [0.15, 0.2) is 84.1 Å². The Labute approximate surface area is 203 Å². The second-order valence-corrected chi connectivity index (χ2v) is 8.88. The van der Waals surface area contributed by atoms with Crippen molar-refractivity contribution in [2.24, 2.45) is 7.05 Å². The van der Waals surface area contributed by atoms with Gasteiger partial charge >= 0.3 is 0 Å². The fourth-order valence-corrected chi connectivity index (χ4v) is 4.49. The normalized spacial score (nSPS) is 11.8. The number of rotatable bonds is 10. The van der Waals surface area contributed by atoms with Crippen LogP contribution >= 0.6 is 11.8 Å².